The third kappa shape index (κ3) is 7.06. The second-order valence-electron chi connectivity index (χ2n) is 7.01. The Morgan fingerprint density at radius 2 is 1.64 bits per heavy atom. The van der Waals surface area contributed by atoms with Crippen LogP contribution in [0.4, 0.5) is 0 Å². The molecule has 4 atom stereocenters. The number of aliphatic hydroxyl groups is 1. The van der Waals surface area contributed by atoms with E-state index in [1.807, 2.05) is 0 Å². The van der Waals surface area contributed by atoms with Crippen LogP contribution in [0.5, 0.6) is 0 Å². The van der Waals surface area contributed by atoms with Crippen LogP contribution in [0.25, 0.3) is 0 Å². The quantitative estimate of drug-likeness (QED) is 0.492. The van der Waals surface area contributed by atoms with Crippen molar-refractivity contribution >= 4 is 0 Å². The molecule has 2 fully saturated rings. The van der Waals surface area contributed by atoms with Crippen molar-refractivity contribution in [2.45, 2.75) is 84.0 Å². The molecule has 22 heavy (non-hydrogen) atoms. The van der Waals surface area contributed by atoms with Crippen LogP contribution in [0.15, 0.2) is 0 Å². The minimum atomic E-state index is -0.179. The normalized spacial score (nSPS) is 30.4. The van der Waals surface area contributed by atoms with Gasteiger partial charge in [0.2, 0.25) is 0 Å². The van der Waals surface area contributed by atoms with Gasteiger partial charge in [-0.3, -0.25) is 0 Å². The van der Waals surface area contributed by atoms with Crippen molar-refractivity contribution in [3.8, 4) is 0 Å². The summed E-state index contributed by atoms with van der Waals surface area (Å²) in [7, 11) is 0. The van der Waals surface area contributed by atoms with Crippen molar-refractivity contribution < 1.29 is 58.6 Å². The van der Waals surface area contributed by atoms with Gasteiger partial charge in [-0.15, -0.1) is 0 Å². The summed E-state index contributed by atoms with van der Waals surface area (Å²) < 4.78 is 10.8. The molecule has 0 aromatic heterocycles. The molecule has 0 amide bonds. The van der Waals surface area contributed by atoms with E-state index in [4.69, 9.17) is 9.47 Å². The fraction of sp³-hybridized carbons (Fsp3) is 1.00. The molecule has 1 aliphatic carbocycles. The zero-order valence-corrected chi connectivity index (χ0v) is 19.3. The van der Waals surface area contributed by atoms with Gasteiger partial charge in [-0.2, -0.15) is 0 Å². The molecule has 4 heteroatoms. The second kappa shape index (κ2) is 11.8. The van der Waals surface area contributed by atoms with Crippen molar-refractivity contribution in [2.75, 3.05) is 13.2 Å². The minimum absolute atomic E-state index is 0. The Bertz CT molecular complexity index is 282. The molecule has 3 nitrogen and oxygen atoms in total. The average Bonchev–Trinajstić information content (AvgIpc) is 3.14. The summed E-state index contributed by atoms with van der Waals surface area (Å²) in [6, 6.07) is 0. The summed E-state index contributed by atoms with van der Waals surface area (Å²) in [5.74, 6) is 2.81. The summed E-state index contributed by atoms with van der Waals surface area (Å²) in [4.78, 5) is 0. The van der Waals surface area contributed by atoms with Crippen LogP contribution in [0, 0.1) is 61.8 Å². The Labute approximate surface area is 172 Å². The Kier molecular flexibility index (Phi) is 11.5. The van der Waals surface area contributed by atoms with E-state index in [2.05, 4.69) is 13.8 Å². The number of hydrogen-bond donors (Lipinski definition) is 1. The monoisotopic (exact) mass is 525 g/mol. The number of ether oxygens (including phenoxy) is 2. The maximum atomic E-state index is 10.1. The third-order valence-electron chi connectivity index (χ3n) is 5.58. The van der Waals surface area contributed by atoms with E-state index >= 15 is 0 Å². The van der Waals surface area contributed by atoms with Gasteiger partial charge in [0.25, 0.3) is 0 Å². The number of rotatable bonds is 9. The molecule has 127 valence electrons. The van der Waals surface area contributed by atoms with Crippen LogP contribution in [0.1, 0.15) is 71.6 Å². The molecule has 0 aromatic rings. The van der Waals surface area contributed by atoms with Gasteiger partial charge in [-0.25, -0.2) is 0 Å². The van der Waals surface area contributed by atoms with E-state index in [1.54, 1.807) is 0 Å². The van der Waals surface area contributed by atoms with E-state index < -0.39 is 0 Å². The van der Waals surface area contributed by atoms with Crippen molar-refractivity contribution in [3.63, 3.8) is 0 Å². The molecule has 2 aliphatic rings. The van der Waals surface area contributed by atoms with Gasteiger partial charge in [0.05, 0.1) is 19.3 Å². The second-order valence-corrected chi connectivity index (χ2v) is 7.01. The molecule has 4 unspecified atom stereocenters. The molecule has 2 rings (SSSR count). The Balaban J connectivity index is 0.00000242. The smallest absolute Gasteiger partial charge is 0.157 e. The molecule has 1 aliphatic heterocycles. The van der Waals surface area contributed by atoms with Gasteiger partial charge in [-0.1, -0.05) is 39.5 Å². The zero-order valence-electron chi connectivity index (χ0n) is 14.5. The Morgan fingerprint density at radius 1 is 0.955 bits per heavy atom. The first-order valence-corrected chi connectivity index (χ1v) is 9.14. The molecule has 0 aromatic carbocycles. The van der Waals surface area contributed by atoms with Gasteiger partial charge in [-0.05, 0) is 43.4 Å². The maximum absolute atomic E-state index is 10.1. The van der Waals surface area contributed by atoms with Crippen LogP contribution >= 0.6 is 0 Å². The van der Waals surface area contributed by atoms with Crippen LogP contribution < -0.4 is 0 Å². The molecular weight excluding hydrogens is 491 g/mol. The van der Waals surface area contributed by atoms with Crippen molar-refractivity contribution in [1.29, 1.82) is 0 Å². The molecule has 1 heterocycles. The summed E-state index contributed by atoms with van der Waals surface area (Å²) in [6.45, 7) is 6.09. The molecule has 0 bridgehead atoms. The summed E-state index contributed by atoms with van der Waals surface area (Å²) >= 11 is 0. The molecule has 1 saturated heterocycles. The van der Waals surface area contributed by atoms with Crippen molar-refractivity contribution in [3.05, 3.63) is 0 Å². The first kappa shape index (κ1) is 21.4. The predicted octanol–water partition coefficient (Wildman–Crippen LogP) is 4.13. The van der Waals surface area contributed by atoms with Crippen molar-refractivity contribution in [1.82, 2.24) is 0 Å². The van der Waals surface area contributed by atoms with Crippen LogP contribution in [0.3, 0.4) is 0 Å². The predicted molar refractivity (Wildman–Crippen MR) is 85.1 cm³/mol. The van der Waals surface area contributed by atoms with Gasteiger partial charge in [0.1, 0.15) is 0 Å². The van der Waals surface area contributed by atoms with Gasteiger partial charge in [0, 0.05) is 50.5 Å². The fourth-order valence-electron chi connectivity index (χ4n) is 4.19. The van der Waals surface area contributed by atoms with Gasteiger partial charge in [0.15, 0.2) is 6.29 Å². The van der Waals surface area contributed by atoms with Crippen LogP contribution in [-0.2, 0) is 9.47 Å². The fourth-order valence-corrected chi connectivity index (χ4v) is 4.19. The van der Waals surface area contributed by atoms with E-state index in [-0.39, 0.29) is 56.5 Å². The maximum Gasteiger partial charge on any atom is 0.157 e. The topological polar surface area (TPSA) is 38.7 Å². The molecule has 1 saturated carbocycles. The number of aliphatic hydroxyl groups excluding tert-OH is 1. The third-order valence-corrected chi connectivity index (χ3v) is 5.58. The van der Waals surface area contributed by atoms with Crippen LogP contribution in [-0.4, -0.2) is 30.7 Å². The van der Waals surface area contributed by atoms with E-state index in [0.29, 0.717) is 13.2 Å². The van der Waals surface area contributed by atoms with Crippen LogP contribution in [0.2, 0.25) is 0 Å². The SMILES string of the molecule is CCC1CC(CC)C(CCCC(O)CCC2OCCO2)C1.[Ac]. The molecule has 1 N–H and O–H groups in total. The van der Waals surface area contributed by atoms with Gasteiger partial charge >= 0.3 is 0 Å². The first-order valence-electron chi connectivity index (χ1n) is 9.14. The Hall–Kier alpha value is 1.32. The molecule has 0 spiro atoms. The van der Waals surface area contributed by atoms with E-state index in [1.165, 1.54) is 38.5 Å². The largest absolute Gasteiger partial charge is 0.393 e. The zero-order chi connectivity index (χ0) is 15.1. The molecular formula is C18H34AcO3. The van der Waals surface area contributed by atoms with E-state index in [9.17, 15) is 5.11 Å². The number of hydrogen-bond acceptors (Lipinski definition) is 3. The molecule has 1 radical (unpaired) electrons. The van der Waals surface area contributed by atoms with E-state index in [0.717, 1.165) is 37.0 Å². The first-order chi connectivity index (χ1) is 10.2. The minimum Gasteiger partial charge on any atom is -0.393 e. The summed E-state index contributed by atoms with van der Waals surface area (Å²) in [6.07, 6.45) is 10.4. The Morgan fingerprint density at radius 3 is 2.27 bits per heavy atom. The summed E-state index contributed by atoms with van der Waals surface area (Å²) in [5.41, 5.74) is 0. The average molecular weight is 525 g/mol. The van der Waals surface area contributed by atoms with Gasteiger partial charge < -0.3 is 14.6 Å². The standard InChI is InChI=1S/C18H34O3.Ac/c1-3-14-12-15(4-2)16(13-14)6-5-7-17(19)8-9-18-20-10-11-21-18;/h14-19H,3-13H2,1-2H3;. The summed E-state index contributed by atoms with van der Waals surface area (Å²) in [5, 5.41) is 10.1. The van der Waals surface area contributed by atoms with Crippen molar-refractivity contribution in [2.24, 2.45) is 17.8 Å².